The molecular formula is C22H20N4O3S3. The van der Waals surface area contributed by atoms with Gasteiger partial charge < -0.3 is 5.32 Å². The van der Waals surface area contributed by atoms with Gasteiger partial charge in [0.15, 0.2) is 5.13 Å². The van der Waals surface area contributed by atoms with Gasteiger partial charge in [-0.3, -0.25) is 4.79 Å². The number of carbonyl (C=O) groups excluding carboxylic acids is 1. The Hall–Kier alpha value is -2.66. The number of carbonyl (C=O) groups is 1. The second-order valence-electron chi connectivity index (χ2n) is 7.60. The van der Waals surface area contributed by atoms with Crippen LogP contribution in [0.25, 0.3) is 20.9 Å². The van der Waals surface area contributed by atoms with E-state index in [-0.39, 0.29) is 10.8 Å². The summed E-state index contributed by atoms with van der Waals surface area (Å²) in [4.78, 5) is 22.3. The smallest absolute Gasteiger partial charge is 0.244 e. The van der Waals surface area contributed by atoms with Crippen LogP contribution in [0.15, 0.2) is 58.8 Å². The number of para-hydroxylation sites is 1. The van der Waals surface area contributed by atoms with Crippen molar-refractivity contribution in [1.82, 2.24) is 14.3 Å². The summed E-state index contributed by atoms with van der Waals surface area (Å²) >= 11 is 2.85. The molecule has 2 aromatic heterocycles. The van der Waals surface area contributed by atoms with Gasteiger partial charge in [0.25, 0.3) is 0 Å². The summed E-state index contributed by atoms with van der Waals surface area (Å²) in [6.07, 6.45) is 1.12. The lowest BCUT2D eigenvalue weighted by Crippen LogP contribution is -2.43. The number of benzene rings is 2. The van der Waals surface area contributed by atoms with E-state index in [2.05, 4.69) is 15.3 Å². The molecule has 5 rings (SSSR count). The van der Waals surface area contributed by atoms with Crippen LogP contribution < -0.4 is 5.32 Å². The van der Waals surface area contributed by atoms with Crippen molar-refractivity contribution in [1.29, 1.82) is 0 Å². The maximum atomic E-state index is 13.1. The molecule has 0 aliphatic carbocycles. The van der Waals surface area contributed by atoms with Gasteiger partial charge in [-0.1, -0.05) is 29.8 Å². The summed E-state index contributed by atoms with van der Waals surface area (Å²) in [5.41, 5.74) is 2.59. The number of thiazole rings is 2. The first-order chi connectivity index (χ1) is 15.4. The van der Waals surface area contributed by atoms with Crippen LogP contribution >= 0.6 is 22.7 Å². The summed E-state index contributed by atoms with van der Waals surface area (Å²) in [6, 6.07) is 13.8. The maximum absolute atomic E-state index is 13.1. The van der Waals surface area contributed by atoms with Gasteiger partial charge in [-0.05, 0) is 44.0 Å². The number of amides is 1. The third-order valence-corrected chi connectivity index (χ3v) is 9.12. The second kappa shape index (κ2) is 8.36. The largest absolute Gasteiger partial charge is 0.301 e. The van der Waals surface area contributed by atoms with Crippen LogP contribution in [-0.4, -0.2) is 41.2 Å². The van der Waals surface area contributed by atoms with Gasteiger partial charge in [-0.25, -0.2) is 18.4 Å². The molecule has 1 saturated heterocycles. The molecule has 0 spiro atoms. The van der Waals surface area contributed by atoms with Crippen molar-refractivity contribution in [3.63, 3.8) is 0 Å². The van der Waals surface area contributed by atoms with Gasteiger partial charge in [0, 0.05) is 11.9 Å². The van der Waals surface area contributed by atoms with Crippen molar-refractivity contribution in [2.45, 2.75) is 30.7 Å². The number of fused-ring (bicyclic) bond motifs is 1. The molecule has 1 N–H and O–H groups in total. The Morgan fingerprint density at radius 2 is 1.91 bits per heavy atom. The van der Waals surface area contributed by atoms with E-state index in [1.165, 1.54) is 15.6 Å². The molecule has 1 aliphatic rings. The summed E-state index contributed by atoms with van der Waals surface area (Å²) in [5.74, 6) is -0.358. The van der Waals surface area contributed by atoms with E-state index >= 15 is 0 Å². The molecule has 1 amide bonds. The zero-order chi connectivity index (χ0) is 22.3. The Morgan fingerprint density at radius 1 is 1.12 bits per heavy atom. The summed E-state index contributed by atoms with van der Waals surface area (Å²) in [7, 11) is -3.75. The first kappa shape index (κ1) is 21.2. The zero-order valence-corrected chi connectivity index (χ0v) is 19.6. The predicted octanol–water partition coefficient (Wildman–Crippen LogP) is 4.52. The van der Waals surface area contributed by atoms with Crippen LogP contribution in [0.5, 0.6) is 0 Å². The topological polar surface area (TPSA) is 92.3 Å². The molecule has 0 bridgehead atoms. The first-order valence-electron chi connectivity index (χ1n) is 10.1. The normalized spacial score (nSPS) is 17.1. The minimum absolute atomic E-state index is 0.204. The Kier molecular flexibility index (Phi) is 5.54. The number of hydrogen-bond donors (Lipinski definition) is 1. The number of sulfonamides is 1. The lowest BCUT2D eigenvalue weighted by atomic mass is 10.2. The zero-order valence-electron chi connectivity index (χ0n) is 17.2. The SMILES string of the molecule is Cc1ccc(S(=O)(=O)N2CCCC2C(=O)Nc2nc(-c3nc4ccccc4s3)cs2)cc1. The fourth-order valence-electron chi connectivity index (χ4n) is 3.74. The molecule has 1 atom stereocenters. The van der Waals surface area contributed by atoms with Crippen molar-refractivity contribution in [3.8, 4) is 10.7 Å². The number of rotatable bonds is 5. The minimum atomic E-state index is -3.75. The standard InChI is InChI=1S/C22H20N4O3S3/c1-14-8-10-15(11-9-14)32(28,29)26-12-4-6-18(26)20(27)25-22-24-17(13-30-22)21-23-16-5-2-3-7-19(16)31-21/h2-3,5,7-11,13,18H,4,6,12H2,1H3,(H,24,25,27). The third-order valence-electron chi connectivity index (χ3n) is 5.38. The van der Waals surface area contributed by atoms with Crippen LogP contribution in [-0.2, 0) is 14.8 Å². The Labute approximate surface area is 193 Å². The molecule has 7 nitrogen and oxygen atoms in total. The van der Waals surface area contributed by atoms with E-state index in [0.29, 0.717) is 30.2 Å². The van der Waals surface area contributed by atoms with Crippen LogP contribution in [0, 0.1) is 6.92 Å². The lowest BCUT2D eigenvalue weighted by Gasteiger charge is -2.23. The molecule has 4 aromatic rings. The molecule has 1 aliphatic heterocycles. The Morgan fingerprint density at radius 3 is 2.69 bits per heavy atom. The minimum Gasteiger partial charge on any atom is -0.301 e. The average molecular weight is 485 g/mol. The molecular weight excluding hydrogens is 464 g/mol. The van der Waals surface area contributed by atoms with E-state index in [1.54, 1.807) is 35.6 Å². The number of nitrogens with zero attached hydrogens (tertiary/aromatic N) is 3. The van der Waals surface area contributed by atoms with Crippen molar-refractivity contribution < 1.29 is 13.2 Å². The number of nitrogens with one attached hydrogen (secondary N) is 1. The quantitative estimate of drug-likeness (QED) is 0.450. The Balaban J connectivity index is 1.34. The molecule has 1 fully saturated rings. The van der Waals surface area contributed by atoms with Gasteiger partial charge in [0.05, 0.1) is 15.1 Å². The van der Waals surface area contributed by atoms with Gasteiger partial charge in [0.2, 0.25) is 15.9 Å². The monoisotopic (exact) mass is 484 g/mol. The molecule has 32 heavy (non-hydrogen) atoms. The molecule has 2 aromatic carbocycles. The number of aromatic nitrogens is 2. The van der Waals surface area contributed by atoms with E-state index in [1.807, 2.05) is 36.6 Å². The van der Waals surface area contributed by atoms with Crippen LogP contribution in [0.1, 0.15) is 18.4 Å². The van der Waals surface area contributed by atoms with E-state index in [4.69, 9.17) is 0 Å². The van der Waals surface area contributed by atoms with Crippen molar-refractivity contribution in [2.75, 3.05) is 11.9 Å². The molecule has 0 saturated carbocycles. The maximum Gasteiger partial charge on any atom is 0.244 e. The molecule has 10 heteroatoms. The number of hydrogen-bond acceptors (Lipinski definition) is 7. The van der Waals surface area contributed by atoms with Crippen LogP contribution in [0.2, 0.25) is 0 Å². The summed E-state index contributed by atoms with van der Waals surface area (Å²) in [6.45, 7) is 2.22. The van der Waals surface area contributed by atoms with Crippen LogP contribution in [0.3, 0.4) is 0 Å². The van der Waals surface area contributed by atoms with E-state index in [0.717, 1.165) is 20.8 Å². The highest BCUT2D eigenvalue weighted by Gasteiger charge is 2.39. The second-order valence-corrected chi connectivity index (χ2v) is 11.4. The van der Waals surface area contributed by atoms with Gasteiger partial charge in [-0.2, -0.15) is 4.31 Å². The average Bonchev–Trinajstić information content (AvgIpc) is 3.52. The van der Waals surface area contributed by atoms with E-state index in [9.17, 15) is 13.2 Å². The highest BCUT2D eigenvalue weighted by Crippen LogP contribution is 2.33. The van der Waals surface area contributed by atoms with E-state index < -0.39 is 16.1 Å². The van der Waals surface area contributed by atoms with Crippen LogP contribution in [0.4, 0.5) is 5.13 Å². The molecule has 1 unspecified atom stereocenters. The number of anilines is 1. The third kappa shape index (κ3) is 3.95. The fraction of sp³-hybridized carbons (Fsp3) is 0.227. The highest BCUT2D eigenvalue weighted by atomic mass is 32.2. The molecule has 0 radical (unpaired) electrons. The van der Waals surface area contributed by atoms with Gasteiger partial charge in [-0.15, -0.1) is 22.7 Å². The first-order valence-corrected chi connectivity index (χ1v) is 13.3. The van der Waals surface area contributed by atoms with Crippen molar-refractivity contribution >= 4 is 54.0 Å². The predicted molar refractivity (Wildman–Crippen MR) is 127 cm³/mol. The highest BCUT2D eigenvalue weighted by molar-refractivity contribution is 7.89. The van der Waals surface area contributed by atoms with Crippen molar-refractivity contribution in [2.24, 2.45) is 0 Å². The fourth-order valence-corrected chi connectivity index (χ4v) is 7.09. The van der Waals surface area contributed by atoms with Crippen molar-refractivity contribution in [3.05, 3.63) is 59.5 Å². The van der Waals surface area contributed by atoms with Gasteiger partial charge >= 0.3 is 0 Å². The summed E-state index contributed by atoms with van der Waals surface area (Å²) < 4.78 is 28.6. The Bertz CT molecular complexity index is 1360. The van der Waals surface area contributed by atoms with Gasteiger partial charge in [0.1, 0.15) is 16.7 Å². The lowest BCUT2D eigenvalue weighted by molar-refractivity contribution is -0.119. The molecule has 164 valence electrons. The summed E-state index contributed by atoms with van der Waals surface area (Å²) in [5, 5.41) is 5.88. The molecule has 3 heterocycles. The number of aryl methyl sites for hydroxylation is 1.